The SMILES string of the molecule is CN(C)S(=O)(=O)c1ccccc1N1CCCC(C)(O)C1. The van der Waals surface area contributed by atoms with E-state index in [4.69, 9.17) is 0 Å². The van der Waals surface area contributed by atoms with Crippen molar-refractivity contribution < 1.29 is 13.5 Å². The predicted molar refractivity (Wildman–Crippen MR) is 79.4 cm³/mol. The van der Waals surface area contributed by atoms with E-state index in [-0.39, 0.29) is 0 Å². The zero-order chi connectivity index (χ0) is 15.0. The molecule has 6 heteroatoms. The first-order valence-electron chi connectivity index (χ1n) is 6.73. The Kier molecular flexibility index (Phi) is 4.09. The van der Waals surface area contributed by atoms with Gasteiger partial charge in [-0.1, -0.05) is 12.1 Å². The van der Waals surface area contributed by atoms with Crippen LogP contribution >= 0.6 is 0 Å². The highest BCUT2D eigenvalue weighted by Crippen LogP contribution is 2.31. The summed E-state index contributed by atoms with van der Waals surface area (Å²) in [6, 6.07) is 6.97. The molecule has 1 heterocycles. The highest BCUT2D eigenvalue weighted by molar-refractivity contribution is 7.89. The lowest BCUT2D eigenvalue weighted by Gasteiger charge is -2.39. The van der Waals surface area contributed by atoms with Gasteiger partial charge in [-0.05, 0) is 31.9 Å². The van der Waals surface area contributed by atoms with E-state index in [0.717, 1.165) is 19.4 Å². The van der Waals surface area contributed by atoms with Crippen LogP contribution in [0, 0.1) is 0 Å². The van der Waals surface area contributed by atoms with Gasteiger partial charge in [-0.3, -0.25) is 0 Å². The maximum absolute atomic E-state index is 12.4. The van der Waals surface area contributed by atoms with Crippen LogP contribution in [0.25, 0.3) is 0 Å². The van der Waals surface area contributed by atoms with Gasteiger partial charge in [0.2, 0.25) is 10.0 Å². The molecule has 1 fully saturated rings. The summed E-state index contributed by atoms with van der Waals surface area (Å²) in [5.74, 6) is 0. The molecule has 1 N–H and O–H groups in total. The molecule has 0 amide bonds. The fraction of sp³-hybridized carbons (Fsp3) is 0.571. The van der Waals surface area contributed by atoms with Crippen molar-refractivity contribution >= 4 is 15.7 Å². The van der Waals surface area contributed by atoms with Crippen molar-refractivity contribution in [1.29, 1.82) is 0 Å². The number of anilines is 1. The average Bonchev–Trinajstić information content (AvgIpc) is 2.37. The van der Waals surface area contributed by atoms with Gasteiger partial charge in [0, 0.05) is 27.2 Å². The third kappa shape index (κ3) is 2.97. The van der Waals surface area contributed by atoms with Gasteiger partial charge in [0.15, 0.2) is 0 Å². The Labute approximate surface area is 120 Å². The van der Waals surface area contributed by atoms with Crippen LogP contribution in [0.4, 0.5) is 5.69 Å². The van der Waals surface area contributed by atoms with Crippen LogP contribution in [-0.2, 0) is 10.0 Å². The molecular formula is C14H22N2O3S. The number of hydrogen-bond donors (Lipinski definition) is 1. The van der Waals surface area contributed by atoms with Crippen LogP contribution in [0.15, 0.2) is 29.2 Å². The monoisotopic (exact) mass is 298 g/mol. The molecule has 1 aliphatic heterocycles. The standard InChI is InChI=1S/C14H22N2O3S/c1-14(17)9-6-10-16(11-14)12-7-4-5-8-13(12)20(18,19)15(2)3/h4-5,7-8,17H,6,9-11H2,1-3H3. The third-order valence-electron chi connectivity index (χ3n) is 3.64. The number of benzene rings is 1. The lowest BCUT2D eigenvalue weighted by atomic mass is 9.95. The van der Waals surface area contributed by atoms with Crippen molar-refractivity contribution in [3.63, 3.8) is 0 Å². The van der Waals surface area contributed by atoms with Gasteiger partial charge in [-0.25, -0.2) is 12.7 Å². The molecule has 0 aliphatic carbocycles. The summed E-state index contributed by atoms with van der Waals surface area (Å²) in [5.41, 5.74) is -0.103. The maximum atomic E-state index is 12.4. The minimum Gasteiger partial charge on any atom is -0.388 e. The van der Waals surface area contributed by atoms with Gasteiger partial charge in [-0.15, -0.1) is 0 Å². The van der Waals surface area contributed by atoms with E-state index < -0.39 is 15.6 Å². The Morgan fingerprint density at radius 1 is 1.30 bits per heavy atom. The Morgan fingerprint density at radius 2 is 1.95 bits per heavy atom. The number of nitrogens with zero attached hydrogens (tertiary/aromatic N) is 2. The van der Waals surface area contributed by atoms with Crippen LogP contribution in [0.3, 0.4) is 0 Å². The molecule has 1 unspecified atom stereocenters. The normalized spacial score (nSPS) is 24.1. The lowest BCUT2D eigenvalue weighted by molar-refractivity contribution is 0.0448. The van der Waals surface area contributed by atoms with Crippen molar-refractivity contribution in [2.24, 2.45) is 0 Å². The van der Waals surface area contributed by atoms with Crippen LogP contribution in [0.5, 0.6) is 0 Å². The molecule has 0 aromatic heterocycles. The van der Waals surface area contributed by atoms with E-state index in [1.165, 1.54) is 18.4 Å². The summed E-state index contributed by atoms with van der Waals surface area (Å²) in [4.78, 5) is 2.25. The summed E-state index contributed by atoms with van der Waals surface area (Å²) in [6.45, 7) is 3.01. The molecule has 2 rings (SSSR count). The summed E-state index contributed by atoms with van der Waals surface area (Å²) in [6.07, 6.45) is 1.59. The number of para-hydroxylation sites is 1. The molecule has 0 spiro atoms. The first-order chi connectivity index (χ1) is 9.24. The van der Waals surface area contributed by atoms with Crippen LogP contribution in [0.2, 0.25) is 0 Å². The van der Waals surface area contributed by atoms with Crippen LogP contribution < -0.4 is 4.90 Å². The summed E-state index contributed by atoms with van der Waals surface area (Å²) >= 11 is 0. The lowest BCUT2D eigenvalue weighted by Crippen LogP contribution is -2.46. The predicted octanol–water partition coefficient (Wildman–Crippen LogP) is 1.29. The highest BCUT2D eigenvalue weighted by Gasteiger charge is 2.31. The van der Waals surface area contributed by atoms with Crippen LogP contribution in [-0.4, -0.2) is 50.6 Å². The Hall–Kier alpha value is -1.11. The number of sulfonamides is 1. The minimum atomic E-state index is -3.48. The number of aliphatic hydroxyl groups is 1. The zero-order valence-electron chi connectivity index (χ0n) is 12.2. The van der Waals surface area contributed by atoms with E-state index in [0.29, 0.717) is 17.1 Å². The van der Waals surface area contributed by atoms with Crippen LogP contribution in [0.1, 0.15) is 19.8 Å². The fourth-order valence-corrected chi connectivity index (χ4v) is 3.66. The average molecular weight is 298 g/mol. The first kappa shape index (κ1) is 15.3. The fourth-order valence-electron chi connectivity index (χ4n) is 2.56. The minimum absolute atomic E-state index is 0.294. The number of β-amino-alcohol motifs (C(OH)–C–C–N with tert-alkyl or cyclic N) is 1. The van der Waals surface area contributed by atoms with E-state index >= 15 is 0 Å². The highest BCUT2D eigenvalue weighted by atomic mass is 32.2. The molecule has 0 radical (unpaired) electrons. The van der Waals surface area contributed by atoms with Gasteiger partial charge in [0.1, 0.15) is 4.90 Å². The smallest absolute Gasteiger partial charge is 0.244 e. The summed E-state index contributed by atoms with van der Waals surface area (Å²) < 4.78 is 26.0. The van der Waals surface area contributed by atoms with Gasteiger partial charge >= 0.3 is 0 Å². The van der Waals surface area contributed by atoms with Gasteiger partial charge in [0.05, 0.1) is 11.3 Å². The molecule has 0 bridgehead atoms. The van der Waals surface area contributed by atoms with Gasteiger partial charge in [0.25, 0.3) is 0 Å². The summed E-state index contributed by atoms with van der Waals surface area (Å²) in [7, 11) is -0.432. The van der Waals surface area contributed by atoms with Crippen molar-refractivity contribution in [3.05, 3.63) is 24.3 Å². The Balaban J connectivity index is 2.43. The topological polar surface area (TPSA) is 60.9 Å². The van der Waals surface area contributed by atoms with Crippen molar-refractivity contribution in [2.45, 2.75) is 30.3 Å². The molecule has 5 nitrogen and oxygen atoms in total. The second kappa shape index (κ2) is 5.35. The number of piperidine rings is 1. The molecule has 0 saturated carbocycles. The quantitative estimate of drug-likeness (QED) is 0.913. The van der Waals surface area contributed by atoms with Gasteiger partial charge < -0.3 is 10.0 Å². The Bertz CT molecular complexity index is 582. The van der Waals surface area contributed by atoms with Gasteiger partial charge in [-0.2, -0.15) is 0 Å². The Morgan fingerprint density at radius 3 is 2.55 bits per heavy atom. The molecule has 1 aromatic rings. The molecule has 20 heavy (non-hydrogen) atoms. The zero-order valence-corrected chi connectivity index (χ0v) is 13.0. The second-order valence-corrected chi connectivity index (χ2v) is 7.90. The molecule has 112 valence electrons. The molecular weight excluding hydrogens is 276 g/mol. The van der Waals surface area contributed by atoms with E-state index in [9.17, 15) is 13.5 Å². The van der Waals surface area contributed by atoms with E-state index in [1.54, 1.807) is 25.1 Å². The van der Waals surface area contributed by atoms with Crippen molar-refractivity contribution in [2.75, 3.05) is 32.1 Å². The molecule has 1 atom stereocenters. The second-order valence-electron chi connectivity index (χ2n) is 5.78. The number of hydrogen-bond acceptors (Lipinski definition) is 4. The van der Waals surface area contributed by atoms with Crippen molar-refractivity contribution in [3.8, 4) is 0 Å². The number of rotatable bonds is 3. The summed E-state index contributed by atoms with van der Waals surface area (Å²) in [5, 5.41) is 10.2. The molecule has 1 saturated heterocycles. The molecule has 1 aromatic carbocycles. The first-order valence-corrected chi connectivity index (χ1v) is 8.17. The van der Waals surface area contributed by atoms with E-state index in [1.807, 2.05) is 11.0 Å². The largest absolute Gasteiger partial charge is 0.388 e. The maximum Gasteiger partial charge on any atom is 0.244 e. The third-order valence-corrected chi connectivity index (χ3v) is 5.50. The van der Waals surface area contributed by atoms with Crippen molar-refractivity contribution in [1.82, 2.24) is 4.31 Å². The van der Waals surface area contributed by atoms with E-state index in [2.05, 4.69) is 0 Å². The molecule has 1 aliphatic rings.